The number of aldehydes is 1. The summed E-state index contributed by atoms with van der Waals surface area (Å²) in [5.74, 6) is 1.06. The summed E-state index contributed by atoms with van der Waals surface area (Å²) in [5, 5.41) is 8.89. The van der Waals surface area contributed by atoms with Crippen LogP contribution in [0.3, 0.4) is 0 Å². The molecule has 0 unspecified atom stereocenters. The highest BCUT2D eigenvalue weighted by Gasteiger charge is 2.15. The largest absolute Gasteiger partial charge is 0.298 e. The topological polar surface area (TPSA) is 40.9 Å². The summed E-state index contributed by atoms with van der Waals surface area (Å²) in [6.07, 6.45) is 4.01. The van der Waals surface area contributed by atoms with Crippen molar-refractivity contribution in [2.45, 2.75) is 38.0 Å². The van der Waals surface area contributed by atoms with E-state index in [9.17, 15) is 4.79 Å². The van der Waals surface area contributed by atoms with Crippen molar-refractivity contribution in [1.82, 2.24) is 0 Å². The summed E-state index contributed by atoms with van der Waals surface area (Å²) in [5.41, 5.74) is 0.520. The SMILES string of the molecule is CC(C)(C#N)CCCCSc1ccc(C=O)cc1. The Bertz CT molecular complexity index is 417. The van der Waals surface area contributed by atoms with E-state index in [1.54, 1.807) is 11.8 Å². The summed E-state index contributed by atoms with van der Waals surface area (Å²) >= 11 is 1.80. The maximum Gasteiger partial charge on any atom is 0.150 e. The lowest BCUT2D eigenvalue weighted by atomic mass is 9.89. The van der Waals surface area contributed by atoms with Crippen molar-refractivity contribution in [3.63, 3.8) is 0 Å². The van der Waals surface area contributed by atoms with E-state index in [0.717, 1.165) is 36.9 Å². The number of unbranched alkanes of at least 4 members (excludes halogenated alkanes) is 1. The van der Waals surface area contributed by atoms with Crippen LogP contribution in [0.15, 0.2) is 29.2 Å². The molecule has 96 valence electrons. The van der Waals surface area contributed by atoms with Crippen LogP contribution >= 0.6 is 11.8 Å². The van der Waals surface area contributed by atoms with Gasteiger partial charge in [-0.1, -0.05) is 18.6 Å². The molecule has 0 aliphatic carbocycles. The normalized spacial score (nSPS) is 10.9. The van der Waals surface area contributed by atoms with Crippen molar-refractivity contribution < 1.29 is 4.79 Å². The van der Waals surface area contributed by atoms with Crippen LogP contribution < -0.4 is 0 Å². The van der Waals surface area contributed by atoms with Gasteiger partial charge in [0.15, 0.2) is 0 Å². The van der Waals surface area contributed by atoms with E-state index < -0.39 is 0 Å². The molecular formula is C15H19NOS. The Labute approximate surface area is 113 Å². The maximum atomic E-state index is 10.5. The molecule has 0 saturated heterocycles. The molecule has 0 aliphatic rings. The minimum Gasteiger partial charge on any atom is -0.298 e. The van der Waals surface area contributed by atoms with Crippen LogP contribution in [0.5, 0.6) is 0 Å². The summed E-state index contributed by atoms with van der Waals surface area (Å²) in [7, 11) is 0. The zero-order valence-electron chi connectivity index (χ0n) is 11.0. The van der Waals surface area contributed by atoms with Gasteiger partial charge in [0.05, 0.1) is 11.5 Å². The fourth-order valence-corrected chi connectivity index (χ4v) is 2.47. The highest BCUT2D eigenvalue weighted by molar-refractivity contribution is 7.99. The van der Waals surface area contributed by atoms with E-state index in [2.05, 4.69) is 6.07 Å². The van der Waals surface area contributed by atoms with Crippen molar-refractivity contribution in [3.05, 3.63) is 29.8 Å². The molecule has 0 atom stereocenters. The summed E-state index contributed by atoms with van der Waals surface area (Å²) in [6, 6.07) is 9.97. The number of thioether (sulfide) groups is 1. The van der Waals surface area contributed by atoms with Gasteiger partial charge in [-0.05, 0) is 44.6 Å². The third-order valence-electron chi connectivity index (χ3n) is 2.78. The first-order chi connectivity index (χ1) is 8.57. The molecule has 0 aromatic heterocycles. The number of hydrogen-bond acceptors (Lipinski definition) is 3. The Morgan fingerprint density at radius 3 is 2.50 bits per heavy atom. The first kappa shape index (κ1) is 14.8. The molecule has 0 saturated carbocycles. The quantitative estimate of drug-likeness (QED) is 0.417. The summed E-state index contributed by atoms with van der Waals surface area (Å²) in [6.45, 7) is 3.97. The molecule has 0 heterocycles. The van der Waals surface area contributed by atoms with E-state index >= 15 is 0 Å². The first-order valence-corrected chi connectivity index (χ1v) is 7.15. The highest BCUT2D eigenvalue weighted by Crippen LogP contribution is 2.24. The van der Waals surface area contributed by atoms with Gasteiger partial charge in [-0.25, -0.2) is 0 Å². The fraction of sp³-hybridized carbons (Fsp3) is 0.467. The molecule has 0 N–H and O–H groups in total. The van der Waals surface area contributed by atoms with Crippen molar-refractivity contribution >= 4 is 18.0 Å². The number of nitrogens with zero attached hydrogens (tertiary/aromatic N) is 1. The molecule has 0 bridgehead atoms. The predicted molar refractivity (Wildman–Crippen MR) is 75.8 cm³/mol. The number of carbonyl (C=O) groups is 1. The number of rotatable bonds is 7. The molecule has 1 aromatic rings. The molecular weight excluding hydrogens is 242 g/mol. The first-order valence-electron chi connectivity index (χ1n) is 6.17. The standard InChI is InChI=1S/C15H19NOS/c1-15(2,12-16)9-3-4-10-18-14-7-5-13(11-17)6-8-14/h5-8,11H,3-4,9-10H2,1-2H3. The molecule has 3 heteroatoms. The Hall–Kier alpha value is -1.27. The van der Waals surface area contributed by atoms with Gasteiger partial charge in [-0.15, -0.1) is 11.8 Å². The van der Waals surface area contributed by atoms with Gasteiger partial charge in [-0.2, -0.15) is 5.26 Å². The summed E-state index contributed by atoms with van der Waals surface area (Å²) < 4.78 is 0. The van der Waals surface area contributed by atoms with Crippen LogP contribution in [-0.2, 0) is 0 Å². The molecule has 1 rings (SSSR count). The van der Waals surface area contributed by atoms with Crippen LogP contribution in [0, 0.1) is 16.7 Å². The monoisotopic (exact) mass is 261 g/mol. The third kappa shape index (κ3) is 5.37. The van der Waals surface area contributed by atoms with Crippen LogP contribution in [-0.4, -0.2) is 12.0 Å². The Morgan fingerprint density at radius 1 is 1.28 bits per heavy atom. The smallest absolute Gasteiger partial charge is 0.150 e. The lowest BCUT2D eigenvalue weighted by Crippen LogP contribution is -2.07. The van der Waals surface area contributed by atoms with Gasteiger partial charge < -0.3 is 0 Å². The Balaban J connectivity index is 2.22. The van der Waals surface area contributed by atoms with Gasteiger partial charge in [0, 0.05) is 10.5 Å². The van der Waals surface area contributed by atoms with E-state index in [-0.39, 0.29) is 5.41 Å². The van der Waals surface area contributed by atoms with Crippen molar-refractivity contribution in [2.75, 3.05) is 5.75 Å². The second-order valence-electron chi connectivity index (χ2n) is 4.99. The molecule has 0 fully saturated rings. The zero-order chi connectivity index (χ0) is 13.4. The van der Waals surface area contributed by atoms with Gasteiger partial charge >= 0.3 is 0 Å². The van der Waals surface area contributed by atoms with Gasteiger partial charge in [0.2, 0.25) is 0 Å². The second kappa shape index (κ2) is 7.23. The molecule has 18 heavy (non-hydrogen) atoms. The molecule has 0 amide bonds. The average molecular weight is 261 g/mol. The Morgan fingerprint density at radius 2 is 1.94 bits per heavy atom. The second-order valence-corrected chi connectivity index (χ2v) is 6.16. The minimum atomic E-state index is -0.198. The van der Waals surface area contributed by atoms with E-state index in [1.807, 2.05) is 38.1 Å². The zero-order valence-corrected chi connectivity index (χ0v) is 11.8. The predicted octanol–water partition coefficient (Wildman–Crippen LogP) is 4.31. The molecule has 1 aromatic carbocycles. The number of hydrogen-bond donors (Lipinski definition) is 0. The van der Waals surface area contributed by atoms with Gasteiger partial charge in [0.1, 0.15) is 6.29 Å². The lowest BCUT2D eigenvalue weighted by molar-refractivity contribution is 0.112. The van der Waals surface area contributed by atoms with E-state index in [1.165, 1.54) is 4.90 Å². The fourth-order valence-electron chi connectivity index (χ4n) is 1.56. The maximum absolute atomic E-state index is 10.5. The van der Waals surface area contributed by atoms with Crippen molar-refractivity contribution in [3.8, 4) is 6.07 Å². The highest BCUT2D eigenvalue weighted by atomic mass is 32.2. The molecule has 0 radical (unpaired) electrons. The Kier molecular flexibility index (Phi) is 5.94. The minimum absolute atomic E-state index is 0.198. The van der Waals surface area contributed by atoms with Crippen molar-refractivity contribution in [2.24, 2.45) is 5.41 Å². The summed E-state index contributed by atoms with van der Waals surface area (Å²) in [4.78, 5) is 11.7. The van der Waals surface area contributed by atoms with Crippen molar-refractivity contribution in [1.29, 1.82) is 5.26 Å². The van der Waals surface area contributed by atoms with Crippen LogP contribution in [0.4, 0.5) is 0 Å². The molecule has 0 aliphatic heterocycles. The number of nitriles is 1. The molecule has 0 spiro atoms. The lowest BCUT2D eigenvalue weighted by Gasteiger charge is -2.13. The number of benzene rings is 1. The molecule has 2 nitrogen and oxygen atoms in total. The van der Waals surface area contributed by atoms with Gasteiger partial charge in [-0.3, -0.25) is 4.79 Å². The third-order valence-corrected chi connectivity index (χ3v) is 3.88. The van der Waals surface area contributed by atoms with Gasteiger partial charge in [0.25, 0.3) is 0 Å². The van der Waals surface area contributed by atoms with E-state index in [4.69, 9.17) is 5.26 Å². The van der Waals surface area contributed by atoms with Crippen LogP contribution in [0.2, 0.25) is 0 Å². The van der Waals surface area contributed by atoms with Crippen LogP contribution in [0.1, 0.15) is 43.5 Å². The van der Waals surface area contributed by atoms with Crippen LogP contribution in [0.25, 0.3) is 0 Å². The average Bonchev–Trinajstić information content (AvgIpc) is 2.39. The number of carbonyl (C=O) groups excluding carboxylic acids is 1. The van der Waals surface area contributed by atoms with E-state index in [0.29, 0.717) is 0 Å².